The molecule has 1 N–H and O–H groups in total. The number of amides is 1. The highest BCUT2D eigenvalue weighted by Crippen LogP contribution is 2.30. The molecular formula is C17H20ClN5O3S. The van der Waals surface area contributed by atoms with Crippen LogP contribution in [-0.2, 0) is 0 Å². The first kappa shape index (κ1) is 19.5. The second-order valence-electron chi connectivity index (χ2n) is 6.84. The minimum absolute atomic E-state index is 0.0945. The van der Waals surface area contributed by atoms with Gasteiger partial charge in [0.2, 0.25) is 0 Å². The van der Waals surface area contributed by atoms with Gasteiger partial charge in [0, 0.05) is 37.2 Å². The first-order valence-electron chi connectivity index (χ1n) is 8.69. The summed E-state index contributed by atoms with van der Waals surface area (Å²) >= 11 is 11.4. The van der Waals surface area contributed by atoms with Crippen LogP contribution in [0.3, 0.4) is 0 Å². The number of rotatable bonds is 4. The maximum absolute atomic E-state index is 12.8. The van der Waals surface area contributed by atoms with Crippen molar-refractivity contribution in [2.75, 3.05) is 13.1 Å². The molecule has 1 saturated heterocycles. The van der Waals surface area contributed by atoms with Gasteiger partial charge in [-0.15, -0.1) is 0 Å². The molecule has 1 aliphatic heterocycles. The van der Waals surface area contributed by atoms with Gasteiger partial charge < -0.3 is 9.47 Å². The van der Waals surface area contributed by atoms with Gasteiger partial charge in [0.25, 0.3) is 11.6 Å². The number of nitro benzene ring substituents is 1. The van der Waals surface area contributed by atoms with Crippen LogP contribution in [0.25, 0.3) is 0 Å². The van der Waals surface area contributed by atoms with Crippen molar-refractivity contribution in [2.45, 2.75) is 38.6 Å². The fraction of sp³-hybridized carbons (Fsp3) is 0.471. The third-order valence-electron chi connectivity index (χ3n) is 4.79. The van der Waals surface area contributed by atoms with Gasteiger partial charge in [0.15, 0.2) is 4.77 Å². The standard InChI is InChI=1S/C17H20ClN5O3S/c1-10(2)22-15(19-20-17(22)27)11-5-7-21(8-6-11)16(24)13-4-3-12(23(25)26)9-14(13)18/h3-4,9-11H,5-8H2,1-2H3,(H,20,27). The third-order valence-corrected chi connectivity index (χ3v) is 5.39. The molecule has 0 saturated carbocycles. The zero-order valence-corrected chi connectivity index (χ0v) is 16.6. The number of hydrogen-bond donors (Lipinski definition) is 1. The van der Waals surface area contributed by atoms with Crippen LogP contribution < -0.4 is 0 Å². The Labute approximate surface area is 166 Å². The maximum Gasteiger partial charge on any atom is 0.270 e. The number of aromatic nitrogens is 3. The highest BCUT2D eigenvalue weighted by Gasteiger charge is 2.29. The summed E-state index contributed by atoms with van der Waals surface area (Å²) in [5, 5.41) is 18.2. The summed E-state index contributed by atoms with van der Waals surface area (Å²) in [6.45, 7) is 5.25. The second-order valence-corrected chi connectivity index (χ2v) is 7.63. The molecule has 0 unspecified atom stereocenters. The maximum atomic E-state index is 12.8. The van der Waals surface area contributed by atoms with E-state index in [1.165, 1.54) is 18.2 Å². The lowest BCUT2D eigenvalue weighted by molar-refractivity contribution is -0.384. The van der Waals surface area contributed by atoms with Gasteiger partial charge in [0.1, 0.15) is 5.82 Å². The number of likely N-dealkylation sites (tertiary alicyclic amines) is 1. The van der Waals surface area contributed by atoms with Crippen molar-refractivity contribution >= 4 is 35.4 Å². The molecule has 1 aliphatic rings. The van der Waals surface area contributed by atoms with E-state index in [4.69, 9.17) is 23.8 Å². The highest BCUT2D eigenvalue weighted by molar-refractivity contribution is 7.71. The van der Waals surface area contributed by atoms with Crippen LogP contribution in [-0.4, -0.2) is 43.6 Å². The summed E-state index contributed by atoms with van der Waals surface area (Å²) in [5.74, 6) is 0.934. The molecule has 1 aromatic heterocycles. The minimum atomic E-state index is -0.535. The van der Waals surface area contributed by atoms with Crippen molar-refractivity contribution < 1.29 is 9.72 Å². The van der Waals surface area contributed by atoms with Crippen LogP contribution in [0, 0.1) is 14.9 Å². The smallest absolute Gasteiger partial charge is 0.270 e. The molecule has 1 aromatic carbocycles. The zero-order chi connectivity index (χ0) is 19.7. The van der Waals surface area contributed by atoms with E-state index < -0.39 is 4.92 Å². The number of nitrogens with zero attached hydrogens (tertiary/aromatic N) is 4. The molecule has 3 rings (SSSR count). The summed E-state index contributed by atoms with van der Waals surface area (Å²) in [5.41, 5.74) is 0.150. The van der Waals surface area contributed by atoms with E-state index in [9.17, 15) is 14.9 Å². The van der Waals surface area contributed by atoms with Gasteiger partial charge in [0.05, 0.1) is 15.5 Å². The zero-order valence-electron chi connectivity index (χ0n) is 15.0. The Morgan fingerprint density at radius 1 is 1.41 bits per heavy atom. The monoisotopic (exact) mass is 409 g/mol. The highest BCUT2D eigenvalue weighted by atomic mass is 35.5. The number of aromatic amines is 1. The van der Waals surface area contributed by atoms with E-state index in [1.807, 2.05) is 4.57 Å². The van der Waals surface area contributed by atoms with Crippen LogP contribution >= 0.6 is 23.8 Å². The summed E-state index contributed by atoms with van der Waals surface area (Å²) in [6, 6.07) is 4.14. The molecule has 1 fully saturated rings. The average Bonchev–Trinajstić information content (AvgIpc) is 3.03. The number of non-ortho nitro benzene ring substituents is 1. The number of piperidine rings is 1. The fourth-order valence-electron chi connectivity index (χ4n) is 3.41. The Balaban J connectivity index is 1.72. The number of halogens is 1. The van der Waals surface area contributed by atoms with Crippen molar-refractivity contribution in [1.82, 2.24) is 19.7 Å². The number of benzene rings is 1. The van der Waals surface area contributed by atoms with Crippen LogP contribution in [0.1, 0.15) is 54.8 Å². The molecule has 0 radical (unpaired) electrons. The lowest BCUT2D eigenvalue weighted by Gasteiger charge is -2.32. The Bertz CT molecular complexity index is 931. The van der Waals surface area contributed by atoms with Crippen LogP contribution in [0.4, 0.5) is 5.69 Å². The molecule has 0 bridgehead atoms. The Hall–Kier alpha value is -2.26. The van der Waals surface area contributed by atoms with E-state index in [2.05, 4.69) is 24.0 Å². The Morgan fingerprint density at radius 2 is 2.07 bits per heavy atom. The lowest BCUT2D eigenvalue weighted by Crippen LogP contribution is -2.38. The molecule has 1 amide bonds. The molecule has 144 valence electrons. The predicted octanol–water partition coefficient (Wildman–Crippen LogP) is 4.10. The van der Waals surface area contributed by atoms with Gasteiger partial charge in [-0.05, 0) is 45.0 Å². The van der Waals surface area contributed by atoms with Gasteiger partial charge in [-0.2, -0.15) is 5.10 Å². The summed E-state index contributed by atoms with van der Waals surface area (Å²) in [7, 11) is 0. The van der Waals surface area contributed by atoms with E-state index in [0.717, 1.165) is 18.7 Å². The van der Waals surface area contributed by atoms with Crippen molar-refractivity contribution in [3.63, 3.8) is 0 Å². The van der Waals surface area contributed by atoms with Gasteiger partial charge >= 0.3 is 0 Å². The average molecular weight is 410 g/mol. The van der Waals surface area contributed by atoms with E-state index >= 15 is 0 Å². The molecule has 0 spiro atoms. The second kappa shape index (κ2) is 7.77. The number of H-pyrrole nitrogens is 1. The predicted molar refractivity (Wildman–Crippen MR) is 104 cm³/mol. The van der Waals surface area contributed by atoms with Crippen molar-refractivity contribution in [3.8, 4) is 0 Å². The topological polar surface area (TPSA) is 97.1 Å². The molecule has 10 heteroatoms. The van der Waals surface area contributed by atoms with Crippen molar-refractivity contribution in [2.24, 2.45) is 0 Å². The van der Waals surface area contributed by atoms with Gasteiger partial charge in [-0.3, -0.25) is 20.0 Å². The fourth-order valence-corrected chi connectivity index (χ4v) is 4.01. The normalized spacial score (nSPS) is 15.3. The van der Waals surface area contributed by atoms with Crippen molar-refractivity contribution in [1.29, 1.82) is 0 Å². The summed E-state index contributed by atoms with van der Waals surface area (Å²) < 4.78 is 2.63. The van der Waals surface area contributed by atoms with Crippen molar-refractivity contribution in [3.05, 3.63) is 49.5 Å². The van der Waals surface area contributed by atoms with Gasteiger partial charge in [-0.25, -0.2) is 0 Å². The SMILES string of the molecule is CC(C)n1c(C2CCN(C(=O)c3ccc([N+](=O)[O-])cc3Cl)CC2)n[nH]c1=S. The minimum Gasteiger partial charge on any atom is -0.339 e. The molecule has 8 nitrogen and oxygen atoms in total. The summed E-state index contributed by atoms with van der Waals surface area (Å²) in [6.07, 6.45) is 1.53. The van der Waals surface area contributed by atoms with Crippen LogP contribution in [0.2, 0.25) is 5.02 Å². The lowest BCUT2D eigenvalue weighted by atomic mass is 9.95. The number of hydrogen-bond acceptors (Lipinski definition) is 5. The van der Waals surface area contributed by atoms with Crippen LogP contribution in [0.15, 0.2) is 18.2 Å². The molecule has 2 heterocycles. The van der Waals surface area contributed by atoms with Gasteiger partial charge in [-0.1, -0.05) is 11.6 Å². The van der Waals surface area contributed by atoms with E-state index in [0.29, 0.717) is 17.9 Å². The largest absolute Gasteiger partial charge is 0.339 e. The summed E-state index contributed by atoms with van der Waals surface area (Å²) in [4.78, 5) is 24.8. The number of nitrogens with one attached hydrogen (secondary N) is 1. The molecule has 0 aliphatic carbocycles. The van der Waals surface area contributed by atoms with Crippen LogP contribution in [0.5, 0.6) is 0 Å². The molecule has 2 aromatic rings. The molecule has 27 heavy (non-hydrogen) atoms. The first-order chi connectivity index (χ1) is 12.8. The first-order valence-corrected chi connectivity index (χ1v) is 9.48. The molecular weight excluding hydrogens is 390 g/mol. The van der Waals surface area contributed by atoms with E-state index in [-0.39, 0.29) is 34.1 Å². The number of carbonyl (C=O) groups is 1. The van der Waals surface area contributed by atoms with E-state index in [1.54, 1.807) is 4.90 Å². The molecule has 0 atom stereocenters. The quantitative estimate of drug-likeness (QED) is 0.465. The number of nitro groups is 1. The third kappa shape index (κ3) is 3.89. The Kier molecular flexibility index (Phi) is 5.61. The Morgan fingerprint density at radius 3 is 2.63 bits per heavy atom. The number of carbonyl (C=O) groups excluding carboxylic acids is 1.